The van der Waals surface area contributed by atoms with E-state index in [0.29, 0.717) is 38.5 Å². The molecule has 0 atom stereocenters. The second-order valence-corrected chi connectivity index (χ2v) is 11.5. The SMILES string of the molecule is C=Cc1c2[nH]c(c1C)Cc1[nH]c(c(CCC(=O)[O-])c1C)Cc1[nH]c(c(C)c1CCC(=O)[O-])Cc1[nH]c(c(C)c1C=C)C2.[Mg+2]. The molecule has 0 saturated carbocycles. The van der Waals surface area contributed by atoms with Crippen LogP contribution in [0, 0.1) is 27.7 Å². The average Bonchev–Trinajstić information content (AvgIpc) is 3.59. The van der Waals surface area contributed by atoms with Gasteiger partial charge in [-0.3, -0.25) is 0 Å². The van der Waals surface area contributed by atoms with E-state index in [9.17, 15) is 19.8 Å². The number of rotatable bonds is 8. The van der Waals surface area contributed by atoms with Crippen molar-refractivity contribution in [1.82, 2.24) is 19.9 Å². The number of hydrogen-bond donors (Lipinski definition) is 4. The number of carboxylic acids is 2. The zero-order valence-corrected chi connectivity index (χ0v) is 27.0. The van der Waals surface area contributed by atoms with Crippen molar-refractivity contribution in [2.45, 2.75) is 79.1 Å². The van der Waals surface area contributed by atoms with Crippen molar-refractivity contribution in [3.63, 3.8) is 0 Å². The van der Waals surface area contributed by atoms with Gasteiger partial charge in [0.2, 0.25) is 0 Å². The molecule has 0 amide bonds. The zero-order valence-electron chi connectivity index (χ0n) is 25.6. The summed E-state index contributed by atoms with van der Waals surface area (Å²) < 4.78 is 0. The van der Waals surface area contributed by atoms with Crippen molar-refractivity contribution in [2.75, 3.05) is 0 Å². The van der Waals surface area contributed by atoms with Crippen LogP contribution in [0.5, 0.6) is 0 Å². The number of fused-ring (bicyclic) bond motifs is 8. The van der Waals surface area contributed by atoms with Gasteiger partial charge in [-0.15, -0.1) is 0 Å². The van der Waals surface area contributed by atoms with Crippen LogP contribution in [0.1, 0.15) is 103 Å². The molecule has 4 aromatic rings. The first-order valence-electron chi connectivity index (χ1n) is 14.5. The quantitative estimate of drug-likeness (QED) is 0.206. The van der Waals surface area contributed by atoms with Crippen LogP contribution in [0.25, 0.3) is 12.2 Å². The summed E-state index contributed by atoms with van der Waals surface area (Å²) in [5, 5.41) is 22.9. The third kappa shape index (κ3) is 6.19. The van der Waals surface area contributed by atoms with Crippen LogP contribution >= 0.6 is 0 Å². The number of carbonyl (C=O) groups excluding carboxylic acids is 2. The smallest absolute Gasteiger partial charge is 0.550 e. The van der Waals surface area contributed by atoms with E-state index in [1.54, 1.807) is 0 Å². The first-order chi connectivity index (χ1) is 20.0. The van der Waals surface area contributed by atoms with E-state index >= 15 is 0 Å². The molecule has 43 heavy (non-hydrogen) atoms. The zero-order chi connectivity index (χ0) is 30.3. The van der Waals surface area contributed by atoms with Crippen molar-refractivity contribution in [3.8, 4) is 0 Å². The maximum Gasteiger partial charge on any atom is 2.00 e. The monoisotopic (exact) mass is 590 g/mol. The Morgan fingerprint density at radius 1 is 0.581 bits per heavy atom. The Labute approximate surface area is 268 Å². The number of aliphatic carboxylic acids is 2. The van der Waals surface area contributed by atoms with Crippen LogP contribution in [0.3, 0.4) is 0 Å². The van der Waals surface area contributed by atoms with Crippen molar-refractivity contribution in [1.29, 1.82) is 0 Å². The van der Waals surface area contributed by atoms with Crippen LogP contribution < -0.4 is 10.2 Å². The minimum atomic E-state index is -1.09. The average molecular weight is 591 g/mol. The predicted octanol–water partition coefficient (Wildman–Crippen LogP) is 3.18. The molecule has 0 unspecified atom stereocenters. The normalized spacial score (nSPS) is 12.6. The molecule has 8 nitrogen and oxygen atoms in total. The second-order valence-electron chi connectivity index (χ2n) is 11.5. The Morgan fingerprint density at radius 3 is 1.23 bits per heavy atom. The fourth-order valence-electron chi connectivity index (χ4n) is 6.66. The Balaban J connectivity index is 0.00000423. The number of carboxylic acid groups (broad SMARTS) is 2. The van der Waals surface area contributed by atoms with E-state index in [2.05, 4.69) is 46.9 Å². The topological polar surface area (TPSA) is 143 Å². The summed E-state index contributed by atoms with van der Waals surface area (Å²) in [7, 11) is 0. The Bertz CT molecular complexity index is 1730. The number of carbonyl (C=O) groups is 2. The van der Waals surface area contributed by atoms with Gasteiger partial charge in [-0.2, -0.15) is 0 Å². The number of H-pyrrole nitrogens is 4. The molecular weight excluding hydrogens is 553 g/mol. The fraction of sp³-hybridized carbons (Fsp3) is 0.353. The van der Waals surface area contributed by atoms with Gasteiger partial charge in [0.05, 0.1) is 0 Å². The fourth-order valence-corrected chi connectivity index (χ4v) is 6.66. The van der Waals surface area contributed by atoms with Gasteiger partial charge in [-0.05, 0) is 97.9 Å². The van der Waals surface area contributed by atoms with Crippen molar-refractivity contribution in [2.24, 2.45) is 0 Å². The van der Waals surface area contributed by atoms with Gasteiger partial charge in [-0.25, -0.2) is 0 Å². The van der Waals surface area contributed by atoms with Crippen molar-refractivity contribution >= 4 is 47.1 Å². The molecule has 9 heteroatoms. The van der Waals surface area contributed by atoms with Crippen LogP contribution in [-0.2, 0) is 48.1 Å². The molecule has 5 heterocycles. The molecule has 0 aromatic carbocycles. The molecule has 5 rings (SSSR count). The summed E-state index contributed by atoms with van der Waals surface area (Å²) in [6.45, 7) is 16.5. The third-order valence-corrected chi connectivity index (χ3v) is 9.09. The van der Waals surface area contributed by atoms with Gasteiger partial charge in [-0.1, -0.05) is 25.3 Å². The van der Waals surface area contributed by atoms with Gasteiger partial charge < -0.3 is 39.7 Å². The maximum absolute atomic E-state index is 11.4. The van der Waals surface area contributed by atoms with Crippen LogP contribution in [0.4, 0.5) is 0 Å². The molecule has 4 N–H and O–H groups in total. The first kappa shape index (κ1) is 32.2. The van der Waals surface area contributed by atoms with Gasteiger partial charge in [0.15, 0.2) is 0 Å². The van der Waals surface area contributed by atoms with E-state index in [0.717, 1.165) is 90.1 Å². The molecule has 220 valence electrons. The Hall–Kier alpha value is -3.69. The van der Waals surface area contributed by atoms with Gasteiger partial charge >= 0.3 is 23.1 Å². The minimum Gasteiger partial charge on any atom is -0.550 e. The van der Waals surface area contributed by atoms with Crippen molar-refractivity contribution in [3.05, 3.63) is 103 Å². The van der Waals surface area contributed by atoms with Gasteiger partial charge in [0, 0.05) is 83.2 Å². The van der Waals surface area contributed by atoms with E-state index in [4.69, 9.17) is 0 Å². The van der Waals surface area contributed by atoms with Crippen LogP contribution in [0.15, 0.2) is 13.2 Å². The van der Waals surface area contributed by atoms with E-state index < -0.39 is 11.9 Å². The van der Waals surface area contributed by atoms with E-state index in [1.807, 2.05) is 26.0 Å². The van der Waals surface area contributed by atoms with Crippen molar-refractivity contribution < 1.29 is 19.8 Å². The van der Waals surface area contributed by atoms with E-state index in [-0.39, 0.29) is 35.9 Å². The largest absolute Gasteiger partial charge is 2.00 e. The third-order valence-electron chi connectivity index (χ3n) is 9.09. The molecule has 0 saturated heterocycles. The molecule has 1 aliphatic heterocycles. The second kappa shape index (κ2) is 12.9. The van der Waals surface area contributed by atoms with Gasteiger partial charge in [0.1, 0.15) is 0 Å². The predicted molar refractivity (Wildman–Crippen MR) is 166 cm³/mol. The summed E-state index contributed by atoms with van der Waals surface area (Å²) in [5.41, 5.74) is 16.6. The maximum atomic E-state index is 11.4. The number of aromatic amines is 4. The first-order valence-corrected chi connectivity index (χ1v) is 14.5. The molecule has 0 radical (unpaired) electrons. The summed E-state index contributed by atoms with van der Waals surface area (Å²) in [6, 6.07) is 0. The summed E-state index contributed by atoms with van der Waals surface area (Å²) in [4.78, 5) is 37.5. The molecule has 4 aromatic heterocycles. The Morgan fingerprint density at radius 2 is 0.884 bits per heavy atom. The molecule has 0 aliphatic carbocycles. The molecular formula is C34H38MgN4O4. The van der Waals surface area contributed by atoms with Crippen LogP contribution in [0.2, 0.25) is 0 Å². The summed E-state index contributed by atoms with van der Waals surface area (Å²) >= 11 is 0. The van der Waals surface area contributed by atoms with E-state index in [1.165, 1.54) is 0 Å². The number of aromatic nitrogens is 4. The summed E-state index contributed by atoms with van der Waals surface area (Å²) in [6.07, 6.45) is 6.71. The Kier molecular flexibility index (Phi) is 9.66. The summed E-state index contributed by atoms with van der Waals surface area (Å²) in [5.74, 6) is -2.18. The molecule has 0 fully saturated rings. The van der Waals surface area contributed by atoms with Gasteiger partial charge in [0.25, 0.3) is 0 Å². The minimum absolute atomic E-state index is 0. The molecule has 8 bridgehead atoms. The molecule has 1 aliphatic rings. The molecule has 0 spiro atoms. The standard InChI is InChI=1S/C34H40N4O4.Mg/c1-7-21-17(3)25-13-26-19(5)23(9-11-33(39)40)31(37-26)16-32-24(10-12-34(41)42)20(6)28(38-32)15-30-22(8-2)18(4)27(36-30)14-29(21)35-25;/h7-8,35-38H,1-2,9-16H2,3-6H3,(H,39,40)(H,41,42);/q;+2/p-2. The van der Waals surface area contributed by atoms with Crippen LogP contribution in [-0.4, -0.2) is 54.9 Å². The number of nitrogens with one attached hydrogen (secondary N) is 4. The number of hydrogen-bond acceptors (Lipinski definition) is 4.